The van der Waals surface area contributed by atoms with Crippen LogP contribution in [0.25, 0.3) is 0 Å². The molecule has 0 saturated heterocycles. The smallest absolute Gasteiger partial charge is 0.195 e. The highest BCUT2D eigenvalue weighted by Gasteiger charge is 2.38. The summed E-state index contributed by atoms with van der Waals surface area (Å²) in [7, 11) is 3.42. The van der Waals surface area contributed by atoms with Crippen LogP contribution >= 0.6 is 0 Å². The number of nitrogens with one attached hydrogen (secondary N) is 2. The Hall–Kier alpha value is -2.69. The van der Waals surface area contributed by atoms with Crippen LogP contribution in [0.4, 0.5) is 5.69 Å². The second-order valence-electron chi connectivity index (χ2n) is 6.00. The molecule has 1 aliphatic carbocycles. The third-order valence-corrected chi connectivity index (χ3v) is 4.29. The van der Waals surface area contributed by atoms with E-state index >= 15 is 0 Å². The van der Waals surface area contributed by atoms with Crippen molar-refractivity contribution in [2.75, 3.05) is 26.1 Å². The zero-order valence-electron chi connectivity index (χ0n) is 15.0. The Morgan fingerprint density at radius 1 is 1.16 bits per heavy atom. The zero-order valence-corrected chi connectivity index (χ0v) is 15.0. The SMILES string of the molecule is CCOc1ccc(NC(=NC)NC2CC2c2ccccc2)cc1OC. The Labute approximate surface area is 149 Å². The van der Waals surface area contributed by atoms with Crippen LogP contribution in [0.3, 0.4) is 0 Å². The summed E-state index contributed by atoms with van der Waals surface area (Å²) in [6.07, 6.45) is 1.12. The molecule has 0 aliphatic heterocycles. The Morgan fingerprint density at radius 2 is 1.96 bits per heavy atom. The van der Waals surface area contributed by atoms with E-state index in [1.54, 1.807) is 14.2 Å². The number of ether oxygens (including phenoxy) is 2. The van der Waals surface area contributed by atoms with Crippen molar-refractivity contribution >= 4 is 11.6 Å². The van der Waals surface area contributed by atoms with Gasteiger partial charge in [0, 0.05) is 30.8 Å². The molecule has 0 spiro atoms. The zero-order chi connectivity index (χ0) is 17.6. The van der Waals surface area contributed by atoms with E-state index in [1.165, 1.54) is 5.56 Å². The standard InChI is InChI=1S/C20H25N3O2/c1-4-25-18-11-10-15(12-19(18)24-3)22-20(21-2)23-17-13-16(17)14-8-6-5-7-9-14/h5-12,16-17H,4,13H2,1-3H3,(H2,21,22,23). The molecule has 0 bridgehead atoms. The second kappa shape index (κ2) is 7.92. The lowest BCUT2D eigenvalue weighted by Gasteiger charge is -2.14. The molecule has 2 atom stereocenters. The summed E-state index contributed by atoms with van der Waals surface area (Å²) in [6.45, 7) is 2.56. The van der Waals surface area contributed by atoms with Gasteiger partial charge in [0.05, 0.1) is 13.7 Å². The van der Waals surface area contributed by atoms with Crippen molar-refractivity contribution in [1.29, 1.82) is 0 Å². The first-order valence-electron chi connectivity index (χ1n) is 8.61. The molecular formula is C20H25N3O2. The predicted molar refractivity (Wildman–Crippen MR) is 102 cm³/mol. The van der Waals surface area contributed by atoms with E-state index in [4.69, 9.17) is 9.47 Å². The van der Waals surface area contributed by atoms with Crippen molar-refractivity contribution in [3.63, 3.8) is 0 Å². The van der Waals surface area contributed by atoms with Crippen LogP contribution in [0, 0.1) is 0 Å². The Balaban J connectivity index is 1.62. The van der Waals surface area contributed by atoms with Crippen molar-refractivity contribution in [2.24, 2.45) is 4.99 Å². The monoisotopic (exact) mass is 339 g/mol. The highest BCUT2D eigenvalue weighted by molar-refractivity contribution is 5.94. The summed E-state index contributed by atoms with van der Waals surface area (Å²) in [5.74, 6) is 2.75. The summed E-state index contributed by atoms with van der Waals surface area (Å²) in [4.78, 5) is 4.33. The Kier molecular flexibility index (Phi) is 5.43. The molecular weight excluding hydrogens is 314 g/mol. The molecule has 1 saturated carbocycles. The van der Waals surface area contributed by atoms with Crippen molar-refractivity contribution in [3.8, 4) is 11.5 Å². The summed E-state index contributed by atoms with van der Waals surface area (Å²) >= 11 is 0. The van der Waals surface area contributed by atoms with E-state index in [0.29, 0.717) is 24.3 Å². The average Bonchev–Trinajstić information content (AvgIpc) is 3.42. The van der Waals surface area contributed by atoms with E-state index in [1.807, 2.05) is 31.2 Å². The van der Waals surface area contributed by atoms with Gasteiger partial charge < -0.3 is 20.1 Å². The van der Waals surface area contributed by atoms with Gasteiger partial charge in [0.1, 0.15) is 0 Å². The fourth-order valence-electron chi connectivity index (χ4n) is 2.91. The highest BCUT2D eigenvalue weighted by atomic mass is 16.5. The van der Waals surface area contributed by atoms with Crippen LogP contribution in [0.15, 0.2) is 53.5 Å². The quantitative estimate of drug-likeness (QED) is 0.623. The maximum atomic E-state index is 5.55. The van der Waals surface area contributed by atoms with E-state index < -0.39 is 0 Å². The normalized spacial score (nSPS) is 19.2. The van der Waals surface area contributed by atoms with Crippen LogP contribution in [0.5, 0.6) is 11.5 Å². The molecule has 2 unspecified atom stereocenters. The van der Waals surface area contributed by atoms with Crippen molar-refractivity contribution in [2.45, 2.75) is 25.3 Å². The molecule has 0 aromatic heterocycles. The van der Waals surface area contributed by atoms with Crippen molar-refractivity contribution < 1.29 is 9.47 Å². The minimum absolute atomic E-state index is 0.415. The number of rotatable bonds is 6. The van der Waals surface area contributed by atoms with Crippen molar-refractivity contribution in [1.82, 2.24) is 5.32 Å². The van der Waals surface area contributed by atoms with Gasteiger partial charge in [-0.15, -0.1) is 0 Å². The first-order valence-corrected chi connectivity index (χ1v) is 8.61. The molecule has 25 heavy (non-hydrogen) atoms. The third kappa shape index (κ3) is 4.24. The summed E-state index contributed by atoms with van der Waals surface area (Å²) < 4.78 is 10.9. The van der Waals surface area contributed by atoms with Crippen LogP contribution in [-0.2, 0) is 0 Å². The van der Waals surface area contributed by atoms with Gasteiger partial charge in [-0.2, -0.15) is 0 Å². The molecule has 3 rings (SSSR count). The molecule has 0 radical (unpaired) electrons. The number of hydrogen-bond donors (Lipinski definition) is 2. The lowest BCUT2D eigenvalue weighted by atomic mass is 10.1. The summed E-state index contributed by atoms with van der Waals surface area (Å²) in [6, 6.07) is 16.8. The average molecular weight is 339 g/mol. The summed E-state index contributed by atoms with van der Waals surface area (Å²) in [5.41, 5.74) is 2.28. The molecule has 1 aliphatic rings. The second-order valence-corrected chi connectivity index (χ2v) is 6.00. The van der Waals surface area contributed by atoms with Gasteiger partial charge >= 0.3 is 0 Å². The van der Waals surface area contributed by atoms with Gasteiger partial charge in [-0.1, -0.05) is 30.3 Å². The van der Waals surface area contributed by atoms with E-state index in [-0.39, 0.29) is 0 Å². The number of benzene rings is 2. The van der Waals surface area contributed by atoms with E-state index in [9.17, 15) is 0 Å². The highest BCUT2D eigenvalue weighted by Crippen LogP contribution is 2.40. The minimum Gasteiger partial charge on any atom is -0.493 e. The minimum atomic E-state index is 0.415. The molecule has 1 fully saturated rings. The fraction of sp³-hybridized carbons (Fsp3) is 0.350. The maximum absolute atomic E-state index is 5.55. The van der Waals surface area contributed by atoms with Crippen LogP contribution in [0.1, 0.15) is 24.8 Å². The number of methoxy groups -OCH3 is 1. The van der Waals surface area contributed by atoms with Gasteiger partial charge in [-0.3, -0.25) is 4.99 Å². The summed E-state index contributed by atoms with van der Waals surface area (Å²) in [5, 5.41) is 6.80. The maximum Gasteiger partial charge on any atom is 0.195 e. The van der Waals surface area contributed by atoms with Crippen molar-refractivity contribution in [3.05, 3.63) is 54.1 Å². The van der Waals surface area contributed by atoms with Gasteiger partial charge in [0.2, 0.25) is 0 Å². The van der Waals surface area contributed by atoms with Gasteiger partial charge in [0.25, 0.3) is 0 Å². The molecule has 5 nitrogen and oxygen atoms in total. The number of aliphatic imine (C=N–C) groups is 1. The topological polar surface area (TPSA) is 54.9 Å². The lowest BCUT2D eigenvalue weighted by Crippen LogP contribution is -2.33. The van der Waals surface area contributed by atoms with Crippen LogP contribution in [-0.4, -0.2) is 32.8 Å². The third-order valence-electron chi connectivity index (χ3n) is 4.29. The molecule has 5 heteroatoms. The predicted octanol–water partition coefficient (Wildman–Crippen LogP) is 3.64. The number of hydrogen-bond acceptors (Lipinski definition) is 3. The Morgan fingerprint density at radius 3 is 2.64 bits per heavy atom. The molecule has 0 heterocycles. The molecule has 0 amide bonds. The molecule has 2 N–H and O–H groups in total. The van der Waals surface area contributed by atoms with Gasteiger partial charge in [-0.25, -0.2) is 0 Å². The first-order chi connectivity index (χ1) is 12.2. The van der Waals surface area contributed by atoms with Crippen LogP contribution < -0.4 is 20.1 Å². The van der Waals surface area contributed by atoms with E-state index in [0.717, 1.165) is 23.8 Å². The molecule has 2 aromatic carbocycles. The Bertz CT molecular complexity index is 731. The van der Waals surface area contributed by atoms with Crippen LogP contribution in [0.2, 0.25) is 0 Å². The number of guanidine groups is 1. The fourth-order valence-corrected chi connectivity index (χ4v) is 2.91. The molecule has 132 valence electrons. The van der Waals surface area contributed by atoms with E-state index in [2.05, 4.69) is 39.9 Å². The van der Waals surface area contributed by atoms with Gasteiger partial charge in [-0.05, 0) is 31.0 Å². The first kappa shape index (κ1) is 17.1. The number of anilines is 1. The lowest BCUT2D eigenvalue weighted by molar-refractivity contribution is 0.311. The molecule has 2 aromatic rings. The largest absolute Gasteiger partial charge is 0.493 e. The number of nitrogens with zero attached hydrogens (tertiary/aromatic N) is 1. The van der Waals surface area contributed by atoms with Gasteiger partial charge in [0.15, 0.2) is 17.5 Å².